The molecule has 3 aromatic rings. The van der Waals surface area contributed by atoms with Crippen molar-refractivity contribution in [1.82, 2.24) is 4.98 Å². The number of sulfonamides is 1. The van der Waals surface area contributed by atoms with Gasteiger partial charge in [0, 0.05) is 0 Å². The van der Waals surface area contributed by atoms with Crippen LogP contribution >= 0.6 is 11.6 Å². The third-order valence-electron chi connectivity index (χ3n) is 5.72. The van der Waals surface area contributed by atoms with E-state index in [1.54, 1.807) is 36.4 Å². The molecule has 1 heterocycles. The van der Waals surface area contributed by atoms with Gasteiger partial charge in [-0.2, -0.15) is 0 Å². The monoisotopic (exact) mass is 500 g/mol. The van der Waals surface area contributed by atoms with E-state index < -0.39 is 10.0 Å². The second-order valence-corrected chi connectivity index (χ2v) is 13.0. The van der Waals surface area contributed by atoms with Crippen molar-refractivity contribution in [2.75, 3.05) is 4.31 Å². The van der Waals surface area contributed by atoms with Gasteiger partial charge < -0.3 is 5.11 Å². The van der Waals surface area contributed by atoms with Crippen molar-refractivity contribution in [2.24, 2.45) is 0 Å². The van der Waals surface area contributed by atoms with E-state index in [-0.39, 0.29) is 33.2 Å². The number of hydrogen-bond acceptors (Lipinski definition) is 4. The van der Waals surface area contributed by atoms with Crippen LogP contribution in [-0.2, 0) is 27.4 Å². The molecule has 0 aliphatic carbocycles. The summed E-state index contributed by atoms with van der Waals surface area (Å²) in [5, 5.41) is 11.4. The third kappa shape index (κ3) is 5.56. The molecule has 1 N–H and O–H groups in total. The minimum absolute atomic E-state index is 0.0754. The minimum Gasteiger partial charge on any atom is -0.507 e. The van der Waals surface area contributed by atoms with Crippen LogP contribution in [0.2, 0.25) is 5.15 Å². The Morgan fingerprint density at radius 2 is 1.44 bits per heavy atom. The molecule has 0 aliphatic rings. The van der Waals surface area contributed by atoms with Crippen molar-refractivity contribution >= 4 is 27.3 Å². The van der Waals surface area contributed by atoms with Crippen LogP contribution in [0.25, 0.3) is 0 Å². The van der Waals surface area contributed by atoms with Gasteiger partial charge in [-0.3, -0.25) is 4.31 Å². The Bertz CT molecular complexity index is 1240. The zero-order valence-electron chi connectivity index (χ0n) is 20.8. The molecule has 0 bridgehead atoms. The molecular weight excluding hydrogens is 468 g/mol. The van der Waals surface area contributed by atoms with E-state index in [9.17, 15) is 13.5 Å². The number of pyridine rings is 1. The maximum Gasteiger partial charge on any atom is 0.264 e. The van der Waals surface area contributed by atoms with Crippen LogP contribution in [0, 0.1) is 6.92 Å². The molecule has 182 valence electrons. The summed E-state index contributed by atoms with van der Waals surface area (Å²) in [5.41, 5.74) is 3.05. The van der Waals surface area contributed by atoms with E-state index in [1.165, 1.54) is 10.5 Å². The van der Waals surface area contributed by atoms with Gasteiger partial charge in [0.1, 0.15) is 10.9 Å². The standard InChI is InChI=1S/C27H33ClN2O3S/c1-18-8-11-21(12-9-18)34(32,33)30(20-10-13-24(28)29-16-20)17-19-14-22(26(2,3)4)25(31)23(15-19)27(5,6)7/h8-16,31H,17H2,1-7H3. The van der Waals surface area contributed by atoms with Crippen LogP contribution in [0.15, 0.2) is 59.6 Å². The second-order valence-electron chi connectivity index (χ2n) is 10.7. The fraction of sp³-hybridized carbons (Fsp3) is 0.370. The van der Waals surface area contributed by atoms with E-state index in [0.29, 0.717) is 5.69 Å². The lowest BCUT2D eigenvalue weighted by Crippen LogP contribution is -2.31. The van der Waals surface area contributed by atoms with Crippen LogP contribution in [-0.4, -0.2) is 18.5 Å². The maximum atomic E-state index is 13.8. The van der Waals surface area contributed by atoms with Gasteiger partial charge in [0.05, 0.1) is 23.3 Å². The first-order valence-corrected chi connectivity index (χ1v) is 13.0. The molecule has 0 atom stereocenters. The highest BCUT2D eigenvalue weighted by Gasteiger charge is 2.30. The van der Waals surface area contributed by atoms with Gasteiger partial charge in [-0.1, -0.05) is 70.8 Å². The average Bonchev–Trinajstić information content (AvgIpc) is 2.72. The van der Waals surface area contributed by atoms with Crippen molar-refractivity contribution in [3.8, 4) is 5.75 Å². The zero-order valence-corrected chi connectivity index (χ0v) is 22.4. The summed E-state index contributed by atoms with van der Waals surface area (Å²) in [6, 6.07) is 13.8. The van der Waals surface area contributed by atoms with Crippen molar-refractivity contribution in [1.29, 1.82) is 0 Å². The van der Waals surface area contributed by atoms with Gasteiger partial charge in [-0.05, 0) is 70.8 Å². The third-order valence-corrected chi connectivity index (χ3v) is 7.73. The van der Waals surface area contributed by atoms with Crippen LogP contribution in [0.5, 0.6) is 5.75 Å². The van der Waals surface area contributed by atoms with E-state index in [0.717, 1.165) is 22.3 Å². The second kappa shape index (κ2) is 9.23. The summed E-state index contributed by atoms with van der Waals surface area (Å²) in [7, 11) is -3.90. The first-order valence-electron chi connectivity index (χ1n) is 11.2. The molecule has 34 heavy (non-hydrogen) atoms. The number of aromatic hydroxyl groups is 1. The van der Waals surface area contributed by atoms with E-state index in [2.05, 4.69) is 4.98 Å². The van der Waals surface area contributed by atoms with Gasteiger partial charge in [0.25, 0.3) is 10.0 Å². The average molecular weight is 501 g/mol. The fourth-order valence-electron chi connectivity index (χ4n) is 3.76. The van der Waals surface area contributed by atoms with Crippen molar-refractivity contribution < 1.29 is 13.5 Å². The summed E-state index contributed by atoms with van der Waals surface area (Å²) < 4.78 is 28.9. The molecule has 0 radical (unpaired) electrons. The summed E-state index contributed by atoms with van der Waals surface area (Å²) >= 11 is 5.98. The summed E-state index contributed by atoms with van der Waals surface area (Å²) in [6.07, 6.45) is 1.46. The normalized spacial score (nSPS) is 12.6. The van der Waals surface area contributed by atoms with Gasteiger partial charge in [-0.15, -0.1) is 0 Å². The number of benzene rings is 2. The van der Waals surface area contributed by atoms with Crippen LogP contribution in [0.1, 0.15) is 63.8 Å². The van der Waals surface area contributed by atoms with Gasteiger partial charge in [0.2, 0.25) is 0 Å². The van der Waals surface area contributed by atoms with Gasteiger partial charge >= 0.3 is 0 Å². The molecule has 1 aromatic heterocycles. The molecule has 0 saturated heterocycles. The van der Waals surface area contributed by atoms with Crippen molar-refractivity contribution in [3.63, 3.8) is 0 Å². The smallest absolute Gasteiger partial charge is 0.264 e. The highest BCUT2D eigenvalue weighted by molar-refractivity contribution is 7.92. The molecular formula is C27H33ClN2O3S. The minimum atomic E-state index is -3.90. The fourth-order valence-corrected chi connectivity index (χ4v) is 5.31. The maximum absolute atomic E-state index is 13.8. The topological polar surface area (TPSA) is 70.5 Å². The number of aryl methyl sites for hydroxylation is 1. The largest absolute Gasteiger partial charge is 0.507 e. The molecule has 7 heteroatoms. The van der Waals surface area contributed by atoms with Crippen molar-refractivity contribution in [3.05, 3.63) is 82.1 Å². The predicted molar refractivity (Wildman–Crippen MR) is 139 cm³/mol. The lowest BCUT2D eigenvalue weighted by Gasteiger charge is -2.30. The van der Waals surface area contributed by atoms with Gasteiger partial charge in [-0.25, -0.2) is 13.4 Å². The number of phenolic OH excluding ortho intramolecular Hbond substituents is 1. The lowest BCUT2D eigenvalue weighted by atomic mass is 9.78. The van der Waals surface area contributed by atoms with Crippen LogP contribution in [0.3, 0.4) is 0 Å². The number of phenols is 1. The Balaban J connectivity index is 2.21. The summed E-state index contributed by atoms with van der Waals surface area (Å²) in [4.78, 5) is 4.30. The zero-order chi connectivity index (χ0) is 25.5. The Labute approximate surface area is 208 Å². The molecule has 0 fully saturated rings. The van der Waals surface area contributed by atoms with E-state index >= 15 is 0 Å². The Hall–Kier alpha value is -2.57. The number of hydrogen-bond donors (Lipinski definition) is 1. The lowest BCUT2D eigenvalue weighted by molar-refractivity contribution is 0.422. The summed E-state index contributed by atoms with van der Waals surface area (Å²) in [6.45, 7) is 14.2. The first kappa shape index (κ1) is 26.0. The number of halogens is 1. The molecule has 0 amide bonds. The number of aromatic nitrogens is 1. The Morgan fingerprint density at radius 1 is 0.912 bits per heavy atom. The Morgan fingerprint density at radius 3 is 1.88 bits per heavy atom. The molecule has 5 nitrogen and oxygen atoms in total. The van der Waals surface area contributed by atoms with Crippen LogP contribution < -0.4 is 4.31 Å². The highest BCUT2D eigenvalue weighted by Crippen LogP contribution is 2.40. The number of anilines is 1. The Kier molecular flexibility index (Phi) is 7.07. The van der Waals surface area contributed by atoms with Crippen molar-refractivity contribution in [2.45, 2.75) is 70.7 Å². The summed E-state index contributed by atoms with van der Waals surface area (Å²) in [5.74, 6) is 0.254. The molecule has 0 saturated carbocycles. The highest BCUT2D eigenvalue weighted by atomic mass is 35.5. The molecule has 0 aliphatic heterocycles. The molecule has 0 spiro atoms. The quantitative estimate of drug-likeness (QED) is 0.394. The van der Waals surface area contributed by atoms with Gasteiger partial charge in [0.15, 0.2) is 0 Å². The van der Waals surface area contributed by atoms with E-state index in [4.69, 9.17) is 11.6 Å². The predicted octanol–water partition coefficient (Wildman–Crippen LogP) is 6.74. The first-order chi connectivity index (χ1) is 15.6. The number of rotatable bonds is 5. The van der Waals surface area contributed by atoms with E-state index in [1.807, 2.05) is 60.6 Å². The SMILES string of the molecule is Cc1ccc(S(=O)(=O)N(Cc2cc(C(C)(C)C)c(O)c(C(C)(C)C)c2)c2ccc(Cl)nc2)cc1. The van der Waals surface area contributed by atoms with Crippen LogP contribution in [0.4, 0.5) is 5.69 Å². The number of nitrogens with zero attached hydrogens (tertiary/aromatic N) is 2. The molecule has 0 unspecified atom stereocenters. The molecule has 2 aromatic carbocycles. The molecule has 3 rings (SSSR count).